The molecule has 0 aliphatic heterocycles. The van der Waals surface area contributed by atoms with Crippen LogP contribution >= 0.6 is 7.82 Å². The van der Waals surface area contributed by atoms with Crippen LogP contribution in [-0.2, 0) is 18.4 Å². The van der Waals surface area contributed by atoms with Crippen LogP contribution in [0.25, 0.3) is 0 Å². The highest BCUT2D eigenvalue weighted by Gasteiger charge is 2.23. The van der Waals surface area contributed by atoms with Gasteiger partial charge in [-0.1, -0.05) is 221 Å². The van der Waals surface area contributed by atoms with Crippen LogP contribution in [0.5, 0.6) is 0 Å². The summed E-state index contributed by atoms with van der Waals surface area (Å²) >= 11 is 0. The molecule has 2 N–H and O–H groups in total. The van der Waals surface area contributed by atoms with Gasteiger partial charge in [-0.25, -0.2) is 0 Å². The molecule has 0 aromatic carbocycles. The average Bonchev–Trinajstić information content (AvgIpc) is 3.26. The molecule has 0 radical (unpaired) electrons. The van der Waals surface area contributed by atoms with E-state index in [1.165, 1.54) is 135 Å². The summed E-state index contributed by atoms with van der Waals surface area (Å²) in [6, 6.07) is -0.952. The molecule has 65 heavy (non-hydrogen) atoms. The molecule has 0 aliphatic carbocycles. The molecule has 0 rings (SSSR count). The van der Waals surface area contributed by atoms with Crippen molar-refractivity contribution in [1.29, 1.82) is 0 Å². The lowest BCUT2D eigenvalue weighted by molar-refractivity contribution is -0.870. The lowest BCUT2D eigenvalue weighted by Crippen LogP contribution is -2.45. The second kappa shape index (κ2) is 46.8. The summed E-state index contributed by atoms with van der Waals surface area (Å²) in [6.07, 6.45) is 65.6. The number of unbranched alkanes of at least 4 members (excludes halogenated alkanes) is 22. The van der Waals surface area contributed by atoms with Gasteiger partial charge in [-0.3, -0.25) is 9.36 Å². The number of phosphoric ester groups is 1. The predicted molar refractivity (Wildman–Crippen MR) is 279 cm³/mol. The number of hydrogen-bond acceptors (Lipinski definition) is 6. The molecule has 0 fully saturated rings. The van der Waals surface area contributed by atoms with Crippen molar-refractivity contribution in [2.45, 2.75) is 225 Å². The molecule has 8 nitrogen and oxygen atoms in total. The minimum absolute atomic E-state index is 0.0257. The van der Waals surface area contributed by atoms with Crippen LogP contribution in [0.3, 0.4) is 0 Å². The highest BCUT2D eigenvalue weighted by molar-refractivity contribution is 7.45. The zero-order valence-electron chi connectivity index (χ0n) is 42.7. The molecule has 0 aromatic heterocycles. The van der Waals surface area contributed by atoms with Crippen LogP contribution in [0.1, 0.15) is 213 Å². The van der Waals surface area contributed by atoms with E-state index in [4.69, 9.17) is 9.05 Å². The van der Waals surface area contributed by atoms with E-state index in [0.29, 0.717) is 23.9 Å². The molecular formula is C56H101N2O6P. The Kier molecular flexibility index (Phi) is 45.1. The Hall–Kier alpha value is -2.32. The van der Waals surface area contributed by atoms with E-state index in [2.05, 4.69) is 79.9 Å². The van der Waals surface area contributed by atoms with Gasteiger partial charge in [0, 0.05) is 6.42 Å². The minimum atomic E-state index is -4.63. The molecule has 376 valence electrons. The average molecular weight is 929 g/mol. The molecule has 3 unspecified atom stereocenters. The number of nitrogens with zero attached hydrogens (tertiary/aromatic N) is 1. The van der Waals surface area contributed by atoms with Crippen LogP contribution in [0, 0.1) is 0 Å². The number of carbonyl (C=O) groups excluding carboxylic acids is 1. The maximum absolute atomic E-state index is 12.8. The van der Waals surface area contributed by atoms with Gasteiger partial charge in [0.15, 0.2) is 0 Å². The third-order valence-corrected chi connectivity index (χ3v) is 12.3. The fourth-order valence-electron chi connectivity index (χ4n) is 7.20. The lowest BCUT2D eigenvalue weighted by Gasteiger charge is -2.29. The molecular weight excluding hydrogens is 828 g/mol. The van der Waals surface area contributed by atoms with Gasteiger partial charge in [-0.15, -0.1) is 0 Å². The van der Waals surface area contributed by atoms with E-state index in [0.717, 1.165) is 44.9 Å². The van der Waals surface area contributed by atoms with Gasteiger partial charge in [-0.05, 0) is 70.6 Å². The molecule has 0 saturated heterocycles. The molecule has 0 saturated carbocycles. The van der Waals surface area contributed by atoms with Crippen molar-refractivity contribution in [2.24, 2.45) is 0 Å². The Morgan fingerprint density at radius 3 is 1.42 bits per heavy atom. The lowest BCUT2D eigenvalue weighted by atomic mass is 10.0. The Morgan fingerprint density at radius 1 is 0.554 bits per heavy atom. The number of nitrogens with one attached hydrogen (secondary N) is 1. The van der Waals surface area contributed by atoms with Gasteiger partial charge in [0.1, 0.15) is 13.2 Å². The number of amides is 1. The summed E-state index contributed by atoms with van der Waals surface area (Å²) in [5.74, 6) is -0.294. The summed E-state index contributed by atoms with van der Waals surface area (Å²) in [5.41, 5.74) is 0. The smallest absolute Gasteiger partial charge is 0.268 e. The van der Waals surface area contributed by atoms with Crippen LogP contribution in [0.15, 0.2) is 85.1 Å². The Bertz CT molecular complexity index is 1330. The van der Waals surface area contributed by atoms with E-state index in [1.54, 1.807) is 6.08 Å². The molecule has 3 atom stereocenters. The van der Waals surface area contributed by atoms with Gasteiger partial charge < -0.3 is 28.8 Å². The number of likely N-dealkylation sites (N-methyl/N-ethyl adjacent to an activating group) is 1. The summed E-state index contributed by atoms with van der Waals surface area (Å²) in [5, 5.41) is 13.7. The predicted octanol–water partition coefficient (Wildman–Crippen LogP) is 15.1. The van der Waals surface area contributed by atoms with E-state index in [1.807, 2.05) is 39.4 Å². The van der Waals surface area contributed by atoms with Crippen molar-refractivity contribution in [3.63, 3.8) is 0 Å². The molecule has 0 bridgehead atoms. The summed E-state index contributed by atoms with van der Waals surface area (Å²) < 4.78 is 23.2. The zero-order chi connectivity index (χ0) is 47.8. The number of allylic oxidation sites excluding steroid dienone is 13. The fraction of sp³-hybridized carbons (Fsp3) is 0.732. The van der Waals surface area contributed by atoms with Crippen LogP contribution in [0.4, 0.5) is 0 Å². The number of rotatable bonds is 47. The minimum Gasteiger partial charge on any atom is -0.756 e. The highest BCUT2D eigenvalue weighted by atomic mass is 31.2. The quantitative estimate of drug-likeness (QED) is 0.0272. The molecule has 0 aliphatic rings. The fourth-order valence-corrected chi connectivity index (χ4v) is 7.92. The normalized spacial score (nSPS) is 14.8. The molecule has 0 aromatic rings. The first-order chi connectivity index (χ1) is 31.5. The largest absolute Gasteiger partial charge is 0.756 e. The maximum atomic E-state index is 12.8. The van der Waals surface area contributed by atoms with Crippen LogP contribution in [-0.4, -0.2) is 68.5 Å². The summed E-state index contributed by atoms with van der Waals surface area (Å²) in [7, 11) is 1.18. The Morgan fingerprint density at radius 2 is 0.954 bits per heavy atom. The van der Waals surface area contributed by atoms with Crippen LogP contribution < -0.4 is 10.2 Å². The zero-order valence-corrected chi connectivity index (χ0v) is 43.6. The number of carbonyl (C=O) groups is 1. The van der Waals surface area contributed by atoms with Gasteiger partial charge >= 0.3 is 0 Å². The molecule has 1 amide bonds. The van der Waals surface area contributed by atoms with E-state index in [9.17, 15) is 19.4 Å². The Balaban J connectivity index is 4.29. The number of aliphatic hydroxyl groups excluding tert-OH is 1. The van der Waals surface area contributed by atoms with Gasteiger partial charge in [0.05, 0.1) is 39.9 Å². The van der Waals surface area contributed by atoms with Crippen molar-refractivity contribution < 1.29 is 32.9 Å². The highest BCUT2D eigenvalue weighted by Crippen LogP contribution is 2.38. The number of phosphoric acid groups is 1. The standard InChI is InChI=1S/C56H101N2O6P/c1-6-8-10-12-14-16-18-20-21-22-23-24-25-26-27-28-29-30-31-32-33-34-35-36-38-39-41-43-45-47-49-55(59)54(53-64-65(61,62)63-52-51-58(3,4)5)57-56(60)50-48-46-44-42-40-37-19-17-15-13-11-9-7-2/h9,11,15,17,34-35,37,39-41,44,46-47,49,54-55,59H,6-8,10,12-14,16,18-33,36,38,42-43,45,48,50-53H2,1-5H3,(H-,57,60,61,62)/b11-9-,17-15-,35-34+,40-37-,41-39+,46-44-,49-47+. The molecule has 0 spiro atoms. The molecule has 9 heteroatoms. The van der Waals surface area contributed by atoms with Gasteiger partial charge in [0.2, 0.25) is 5.91 Å². The third kappa shape index (κ3) is 49.4. The van der Waals surface area contributed by atoms with Crippen molar-refractivity contribution in [3.05, 3.63) is 85.1 Å². The van der Waals surface area contributed by atoms with E-state index in [-0.39, 0.29) is 18.9 Å². The van der Waals surface area contributed by atoms with Crippen molar-refractivity contribution >= 4 is 13.7 Å². The summed E-state index contributed by atoms with van der Waals surface area (Å²) in [6.45, 7) is 4.44. The van der Waals surface area contributed by atoms with Crippen molar-refractivity contribution in [2.75, 3.05) is 40.9 Å². The number of quaternary nitrogens is 1. The van der Waals surface area contributed by atoms with E-state index < -0.39 is 26.6 Å². The number of aliphatic hydroxyl groups is 1. The Labute approximate surface area is 401 Å². The van der Waals surface area contributed by atoms with Crippen molar-refractivity contribution in [1.82, 2.24) is 5.32 Å². The molecule has 0 heterocycles. The van der Waals surface area contributed by atoms with Gasteiger partial charge in [0.25, 0.3) is 7.82 Å². The first kappa shape index (κ1) is 62.7. The maximum Gasteiger partial charge on any atom is 0.268 e. The monoisotopic (exact) mass is 929 g/mol. The van der Waals surface area contributed by atoms with E-state index >= 15 is 0 Å². The summed E-state index contributed by atoms with van der Waals surface area (Å²) in [4.78, 5) is 25.3. The topological polar surface area (TPSA) is 108 Å². The number of hydrogen-bond donors (Lipinski definition) is 2. The second-order valence-electron chi connectivity index (χ2n) is 18.8. The SMILES string of the molecule is CC/C=C\C/C=C\C/C=C\C/C=C\CCC(=O)NC(COP(=O)([O-])OCC[N+](C)(C)C)C(O)/C=C/CC/C=C/CC/C=C/CCCCCCCCCCCCCCCCCCCCCC. The van der Waals surface area contributed by atoms with Crippen LogP contribution in [0.2, 0.25) is 0 Å². The first-order valence-electron chi connectivity index (χ1n) is 26.4. The third-order valence-electron chi connectivity index (χ3n) is 11.3. The first-order valence-corrected chi connectivity index (χ1v) is 27.9. The second-order valence-corrected chi connectivity index (χ2v) is 20.2. The van der Waals surface area contributed by atoms with Gasteiger partial charge in [-0.2, -0.15) is 0 Å². The van der Waals surface area contributed by atoms with Crippen molar-refractivity contribution in [3.8, 4) is 0 Å².